The molecule has 0 aliphatic heterocycles. The highest BCUT2D eigenvalue weighted by Gasteiger charge is 2.40. The molecule has 2 atom stereocenters. The Morgan fingerprint density at radius 1 is 1.17 bits per heavy atom. The molecule has 2 unspecified atom stereocenters. The summed E-state index contributed by atoms with van der Waals surface area (Å²) in [6, 6.07) is 0. The zero-order valence-corrected chi connectivity index (χ0v) is 14.4. The molecule has 0 aromatic carbocycles. The zero-order chi connectivity index (χ0) is 17.4. The van der Waals surface area contributed by atoms with Crippen molar-refractivity contribution in [2.75, 3.05) is 0 Å². The molecular formula is C19H24O4. The van der Waals surface area contributed by atoms with Gasteiger partial charge >= 0.3 is 11.9 Å². The normalized spacial score (nSPS) is 28.1. The summed E-state index contributed by atoms with van der Waals surface area (Å²) < 4.78 is 11.0. The fourth-order valence-corrected chi connectivity index (χ4v) is 3.04. The Labute approximate surface area is 137 Å². The molecule has 2 rings (SSSR count). The third-order valence-electron chi connectivity index (χ3n) is 4.22. The standard InChI is InChI=1S/C19H24O4/c1-12(2)17(21)22-16-11-18(4,5)15-8-10-19(6,23-13(3)20)9-7-14(15)16/h7-10,16H,1,11H2,2-6H3. The first kappa shape index (κ1) is 17.3. The van der Waals surface area contributed by atoms with E-state index in [-0.39, 0.29) is 23.5 Å². The second kappa shape index (κ2) is 5.84. The van der Waals surface area contributed by atoms with E-state index in [1.165, 1.54) is 6.92 Å². The quantitative estimate of drug-likeness (QED) is 0.589. The van der Waals surface area contributed by atoms with Crippen molar-refractivity contribution in [2.24, 2.45) is 5.41 Å². The molecule has 0 N–H and O–H groups in total. The van der Waals surface area contributed by atoms with Crippen LogP contribution >= 0.6 is 0 Å². The van der Waals surface area contributed by atoms with Gasteiger partial charge < -0.3 is 9.47 Å². The summed E-state index contributed by atoms with van der Waals surface area (Å²) in [5, 5.41) is 0. The predicted octanol–water partition coefficient (Wildman–Crippen LogP) is 3.65. The first-order chi connectivity index (χ1) is 10.5. The maximum atomic E-state index is 11.9. The van der Waals surface area contributed by atoms with Gasteiger partial charge in [-0.25, -0.2) is 4.79 Å². The number of rotatable bonds is 3. The first-order valence-corrected chi connectivity index (χ1v) is 7.73. The number of carbonyl (C=O) groups excluding carboxylic acids is 2. The summed E-state index contributed by atoms with van der Waals surface area (Å²) >= 11 is 0. The third-order valence-corrected chi connectivity index (χ3v) is 4.22. The van der Waals surface area contributed by atoms with E-state index in [0.29, 0.717) is 5.57 Å². The summed E-state index contributed by atoms with van der Waals surface area (Å²) in [4.78, 5) is 23.2. The summed E-state index contributed by atoms with van der Waals surface area (Å²) in [6.45, 7) is 12.7. The van der Waals surface area contributed by atoms with E-state index in [0.717, 1.165) is 17.6 Å². The molecule has 23 heavy (non-hydrogen) atoms. The second-order valence-corrected chi connectivity index (χ2v) is 7.08. The molecule has 4 nitrogen and oxygen atoms in total. The lowest BCUT2D eigenvalue weighted by molar-refractivity contribution is -0.147. The van der Waals surface area contributed by atoms with Gasteiger partial charge in [0.05, 0.1) is 0 Å². The molecule has 0 saturated heterocycles. The average Bonchev–Trinajstić information content (AvgIpc) is 2.53. The van der Waals surface area contributed by atoms with Crippen molar-refractivity contribution < 1.29 is 19.1 Å². The smallest absolute Gasteiger partial charge is 0.333 e. The number of hydrogen-bond donors (Lipinski definition) is 0. The summed E-state index contributed by atoms with van der Waals surface area (Å²) in [5.74, 6) is -0.725. The monoisotopic (exact) mass is 316 g/mol. The van der Waals surface area contributed by atoms with Crippen LogP contribution in [-0.2, 0) is 19.1 Å². The van der Waals surface area contributed by atoms with Gasteiger partial charge in [-0.1, -0.05) is 32.6 Å². The molecule has 0 amide bonds. The topological polar surface area (TPSA) is 52.6 Å². The molecule has 2 aliphatic rings. The number of hydrogen-bond acceptors (Lipinski definition) is 4. The minimum Gasteiger partial charge on any atom is -0.454 e. The molecule has 0 bridgehead atoms. The molecule has 2 aliphatic carbocycles. The molecule has 0 saturated carbocycles. The van der Waals surface area contributed by atoms with Crippen molar-refractivity contribution in [3.05, 3.63) is 47.6 Å². The molecule has 124 valence electrons. The Bertz CT molecular complexity index is 648. The molecule has 0 heterocycles. The minimum atomic E-state index is -0.796. The third kappa shape index (κ3) is 3.63. The Hall–Kier alpha value is -2.10. The van der Waals surface area contributed by atoms with Crippen LogP contribution in [0.4, 0.5) is 0 Å². The van der Waals surface area contributed by atoms with Crippen LogP contribution in [0.2, 0.25) is 0 Å². The van der Waals surface area contributed by atoms with E-state index in [9.17, 15) is 9.59 Å². The summed E-state index contributed by atoms with van der Waals surface area (Å²) in [7, 11) is 0. The van der Waals surface area contributed by atoms with Gasteiger partial charge in [0, 0.05) is 12.5 Å². The lowest BCUT2D eigenvalue weighted by atomic mass is 9.84. The van der Waals surface area contributed by atoms with Gasteiger partial charge in [0.1, 0.15) is 11.7 Å². The lowest BCUT2D eigenvalue weighted by Gasteiger charge is -2.24. The van der Waals surface area contributed by atoms with Crippen LogP contribution < -0.4 is 0 Å². The van der Waals surface area contributed by atoms with Gasteiger partial charge in [0.15, 0.2) is 0 Å². The van der Waals surface area contributed by atoms with E-state index in [1.54, 1.807) is 6.92 Å². The van der Waals surface area contributed by atoms with E-state index in [2.05, 4.69) is 20.4 Å². The highest BCUT2D eigenvalue weighted by atomic mass is 16.6. The Balaban J connectivity index is 2.34. The van der Waals surface area contributed by atoms with E-state index in [4.69, 9.17) is 9.47 Å². The maximum absolute atomic E-state index is 11.9. The zero-order valence-electron chi connectivity index (χ0n) is 14.4. The van der Waals surface area contributed by atoms with Crippen LogP contribution in [0.1, 0.15) is 41.0 Å². The SMILES string of the molecule is C=C(C)C(=O)OC1CC(C)(C)C2=C1C=CC(C)(OC(C)=O)C=C2. The number of ether oxygens (including phenoxy) is 2. The molecule has 0 radical (unpaired) electrons. The predicted molar refractivity (Wildman–Crippen MR) is 88.6 cm³/mol. The van der Waals surface area contributed by atoms with Gasteiger partial charge in [-0.2, -0.15) is 0 Å². The Morgan fingerprint density at radius 2 is 1.78 bits per heavy atom. The lowest BCUT2D eigenvalue weighted by Crippen LogP contribution is -2.26. The van der Waals surface area contributed by atoms with Crippen molar-refractivity contribution in [2.45, 2.75) is 52.7 Å². The molecule has 0 aromatic rings. The van der Waals surface area contributed by atoms with Crippen LogP contribution in [0.15, 0.2) is 47.6 Å². The molecule has 4 heteroatoms. The van der Waals surface area contributed by atoms with Crippen LogP contribution in [0.5, 0.6) is 0 Å². The van der Waals surface area contributed by atoms with E-state index in [1.807, 2.05) is 31.2 Å². The van der Waals surface area contributed by atoms with Gasteiger partial charge in [-0.05, 0) is 49.0 Å². The van der Waals surface area contributed by atoms with Crippen LogP contribution in [0, 0.1) is 5.41 Å². The highest BCUT2D eigenvalue weighted by molar-refractivity contribution is 5.87. The average molecular weight is 316 g/mol. The molecule has 0 spiro atoms. The van der Waals surface area contributed by atoms with E-state index >= 15 is 0 Å². The summed E-state index contributed by atoms with van der Waals surface area (Å²) in [6.07, 6.45) is 7.99. The van der Waals surface area contributed by atoms with Gasteiger partial charge in [0.25, 0.3) is 0 Å². The molecule has 0 aromatic heterocycles. The van der Waals surface area contributed by atoms with Crippen molar-refractivity contribution in [3.63, 3.8) is 0 Å². The Morgan fingerprint density at radius 3 is 2.35 bits per heavy atom. The second-order valence-electron chi connectivity index (χ2n) is 7.08. The van der Waals surface area contributed by atoms with Gasteiger partial charge in [0.2, 0.25) is 0 Å². The fraction of sp³-hybridized carbons (Fsp3) is 0.474. The first-order valence-electron chi connectivity index (χ1n) is 7.73. The molecule has 0 fully saturated rings. The maximum Gasteiger partial charge on any atom is 0.333 e. The fourth-order valence-electron chi connectivity index (χ4n) is 3.04. The van der Waals surface area contributed by atoms with Crippen LogP contribution in [-0.4, -0.2) is 23.6 Å². The van der Waals surface area contributed by atoms with Crippen LogP contribution in [0.3, 0.4) is 0 Å². The highest BCUT2D eigenvalue weighted by Crippen LogP contribution is 2.46. The van der Waals surface area contributed by atoms with Gasteiger partial charge in [-0.3, -0.25) is 4.79 Å². The minimum absolute atomic E-state index is 0.127. The molecular weight excluding hydrogens is 292 g/mol. The van der Waals surface area contributed by atoms with Crippen molar-refractivity contribution in [3.8, 4) is 0 Å². The van der Waals surface area contributed by atoms with Crippen molar-refractivity contribution in [1.82, 2.24) is 0 Å². The summed E-state index contributed by atoms with van der Waals surface area (Å²) in [5.41, 5.74) is 1.52. The van der Waals surface area contributed by atoms with Crippen molar-refractivity contribution in [1.29, 1.82) is 0 Å². The number of carbonyl (C=O) groups is 2. The van der Waals surface area contributed by atoms with Crippen LogP contribution in [0.25, 0.3) is 0 Å². The number of esters is 2. The largest absolute Gasteiger partial charge is 0.454 e. The van der Waals surface area contributed by atoms with Crippen molar-refractivity contribution >= 4 is 11.9 Å². The number of allylic oxidation sites excluding steroid dienone is 2. The Kier molecular flexibility index (Phi) is 4.38. The van der Waals surface area contributed by atoms with Gasteiger partial charge in [-0.15, -0.1) is 0 Å². The van der Waals surface area contributed by atoms with E-state index < -0.39 is 5.60 Å².